The van der Waals surface area contributed by atoms with Gasteiger partial charge in [-0.25, -0.2) is 0 Å². The molecule has 1 aliphatic carbocycles. The van der Waals surface area contributed by atoms with Gasteiger partial charge in [-0.15, -0.1) is 10.2 Å². The van der Waals surface area contributed by atoms with Crippen LogP contribution in [0.25, 0.3) is 11.4 Å². The van der Waals surface area contributed by atoms with Crippen molar-refractivity contribution in [2.75, 3.05) is 6.54 Å². The van der Waals surface area contributed by atoms with Gasteiger partial charge in [-0.05, 0) is 43.9 Å². The number of rotatable bonds is 8. The zero-order chi connectivity index (χ0) is 19.3. The van der Waals surface area contributed by atoms with Gasteiger partial charge in [0.15, 0.2) is 11.0 Å². The Morgan fingerprint density at radius 1 is 1.21 bits per heavy atom. The number of nitrogens with zero attached hydrogens (tertiary/aromatic N) is 4. The molecule has 0 bridgehead atoms. The fraction of sp³-hybridized carbons (Fsp3) is 0.333. The van der Waals surface area contributed by atoms with E-state index in [2.05, 4.69) is 37.2 Å². The molecule has 7 heteroatoms. The van der Waals surface area contributed by atoms with Crippen LogP contribution in [0, 0.1) is 0 Å². The zero-order valence-corrected chi connectivity index (χ0v) is 16.6. The number of nitrogens with one attached hydrogen (secondary N) is 1. The molecule has 1 N–H and O–H groups in total. The summed E-state index contributed by atoms with van der Waals surface area (Å²) in [6.07, 6.45) is 6.62. The molecule has 4 rings (SSSR count). The van der Waals surface area contributed by atoms with E-state index in [4.69, 9.17) is 0 Å². The molecule has 0 aliphatic heterocycles. The first-order valence-electron chi connectivity index (χ1n) is 9.56. The summed E-state index contributed by atoms with van der Waals surface area (Å²) in [6, 6.07) is 14.5. The number of carbonyl (C=O) groups excluding carboxylic acids is 1. The van der Waals surface area contributed by atoms with Gasteiger partial charge in [-0.1, -0.05) is 42.1 Å². The fourth-order valence-corrected chi connectivity index (χ4v) is 3.98. The lowest BCUT2D eigenvalue weighted by molar-refractivity contribution is -0.120. The number of carbonyl (C=O) groups is 1. The Hall–Kier alpha value is -2.67. The van der Waals surface area contributed by atoms with Crippen LogP contribution in [0.5, 0.6) is 0 Å². The maximum absolute atomic E-state index is 12.5. The van der Waals surface area contributed by atoms with E-state index in [0.29, 0.717) is 12.6 Å². The third-order valence-electron chi connectivity index (χ3n) is 4.70. The van der Waals surface area contributed by atoms with Gasteiger partial charge in [0, 0.05) is 30.5 Å². The lowest BCUT2D eigenvalue weighted by Crippen LogP contribution is -2.32. The Kier molecular flexibility index (Phi) is 5.71. The Morgan fingerprint density at radius 3 is 2.75 bits per heavy atom. The summed E-state index contributed by atoms with van der Waals surface area (Å²) in [5.74, 6) is 0.851. The van der Waals surface area contributed by atoms with Crippen LogP contribution in [-0.4, -0.2) is 37.5 Å². The highest BCUT2D eigenvalue weighted by molar-refractivity contribution is 8.00. The van der Waals surface area contributed by atoms with E-state index in [0.717, 1.165) is 35.8 Å². The monoisotopic (exact) mass is 393 g/mol. The quantitative estimate of drug-likeness (QED) is 0.593. The molecule has 1 fully saturated rings. The summed E-state index contributed by atoms with van der Waals surface area (Å²) in [4.78, 5) is 16.7. The minimum absolute atomic E-state index is 0.0224. The molecule has 1 aromatic carbocycles. The maximum Gasteiger partial charge on any atom is 0.233 e. The highest BCUT2D eigenvalue weighted by Gasteiger charge is 2.31. The number of pyridine rings is 1. The minimum Gasteiger partial charge on any atom is -0.355 e. The highest BCUT2D eigenvalue weighted by Crippen LogP contribution is 2.41. The van der Waals surface area contributed by atoms with Crippen molar-refractivity contribution >= 4 is 17.7 Å². The lowest BCUT2D eigenvalue weighted by atomic mass is 10.1. The molecule has 1 amide bonds. The second-order valence-corrected chi connectivity index (χ2v) is 8.24. The Balaban J connectivity index is 1.39. The summed E-state index contributed by atoms with van der Waals surface area (Å²) in [6.45, 7) is 2.54. The molecule has 0 spiro atoms. The highest BCUT2D eigenvalue weighted by atomic mass is 32.2. The second-order valence-electron chi connectivity index (χ2n) is 6.94. The molecule has 1 saturated carbocycles. The smallest absolute Gasteiger partial charge is 0.233 e. The largest absolute Gasteiger partial charge is 0.355 e. The van der Waals surface area contributed by atoms with Gasteiger partial charge in [-0.2, -0.15) is 0 Å². The van der Waals surface area contributed by atoms with E-state index in [1.54, 1.807) is 12.4 Å². The van der Waals surface area contributed by atoms with Crippen LogP contribution >= 0.6 is 11.8 Å². The molecular formula is C21H23N5OS. The first-order chi connectivity index (χ1) is 13.7. The van der Waals surface area contributed by atoms with Gasteiger partial charge in [0.25, 0.3) is 0 Å². The molecular weight excluding hydrogens is 370 g/mol. The molecule has 2 aromatic heterocycles. The Bertz CT molecular complexity index is 924. The number of benzene rings is 1. The molecule has 0 saturated heterocycles. The summed E-state index contributed by atoms with van der Waals surface area (Å²) in [7, 11) is 0. The van der Waals surface area contributed by atoms with E-state index in [9.17, 15) is 4.79 Å². The van der Waals surface area contributed by atoms with Crippen LogP contribution in [0.15, 0.2) is 60.0 Å². The minimum atomic E-state index is -0.237. The predicted molar refractivity (Wildman–Crippen MR) is 110 cm³/mol. The molecule has 3 aromatic rings. The van der Waals surface area contributed by atoms with Crippen LogP contribution in [0.4, 0.5) is 0 Å². The van der Waals surface area contributed by atoms with Crippen molar-refractivity contribution < 1.29 is 4.79 Å². The van der Waals surface area contributed by atoms with E-state index in [-0.39, 0.29) is 11.2 Å². The topological polar surface area (TPSA) is 72.7 Å². The van der Waals surface area contributed by atoms with E-state index < -0.39 is 0 Å². The fourth-order valence-electron chi connectivity index (χ4n) is 3.04. The van der Waals surface area contributed by atoms with Gasteiger partial charge in [0.2, 0.25) is 5.91 Å². The van der Waals surface area contributed by atoms with Crippen molar-refractivity contribution in [1.82, 2.24) is 25.1 Å². The van der Waals surface area contributed by atoms with Gasteiger partial charge in [0.05, 0.1) is 5.25 Å². The summed E-state index contributed by atoms with van der Waals surface area (Å²) >= 11 is 1.47. The van der Waals surface area contributed by atoms with Crippen molar-refractivity contribution in [2.24, 2.45) is 0 Å². The molecule has 1 atom stereocenters. The van der Waals surface area contributed by atoms with E-state index in [1.807, 2.05) is 37.3 Å². The zero-order valence-electron chi connectivity index (χ0n) is 15.8. The SMILES string of the molecule is C[C@H](Sc1nnc(-c2cccnc2)n1C1CC1)C(=O)NCCc1ccccc1. The van der Waals surface area contributed by atoms with Crippen molar-refractivity contribution in [3.05, 3.63) is 60.4 Å². The number of hydrogen-bond donors (Lipinski definition) is 1. The van der Waals surface area contributed by atoms with E-state index >= 15 is 0 Å². The third kappa shape index (κ3) is 4.42. The van der Waals surface area contributed by atoms with Crippen molar-refractivity contribution in [1.29, 1.82) is 0 Å². The number of aromatic nitrogens is 4. The molecule has 28 heavy (non-hydrogen) atoms. The van der Waals surface area contributed by atoms with E-state index in [1.165, 1.54) is 17.3 Å². The lowest BCUT2D eigenvalue weighted by Gasteiger charge is -2.13. The maximum atomic E-state index is 12.5. The van der Waals surface area contributed by atoms with Gasteiger partial charge in [0.1, 0.15) is 0 Å². The summed E-state index contributed by atoms with van der Waals surface area (Å²) in [5.41, 5.74) is 2.17. The van der Waals surface area contributed by atoms with Crippen LogP contribution in [0.3, 0.4) is 0 Å². The molecule has 0 unspecified atom stereocenters. The average molecular weight is 394 g/mol. The first kappa shape index (κ1) is 18.7. The van der Waals surface area contributed by atoms with Crippen molar-refractivity contribution in [3.63, 3.8) is 0 Å². The number of hydrogen-bond acceptors (Lipinski definition) is 5. The average Bonchev–Trinajstić information content (AvgIpc) is 3.49. The first-order valence-corrected chi connectivity index (χ1v) is 10.4. The predicted octanol–water partition coefficient (Wildman–Crippen LogP) is 3.51. The Morgan fingerprint density at radius 2 is 2.04 bits per heavy atom. The van der Waals surface area contributed by atoms with Crippen molar-refractivity contribution in [2.45, 2.75) is 42.6 Å². The standard InChI is InChI=1S/C21H23N5OS/c1-15(20(27)23-13-11-16-6-3-2-4-7-16)28-21-25-24-19(26(21)18-9-10-18)17-8-5-12-22-14-17/h2-8,12,14-15,18H,9-11,13H2,1H3,(H,23,27)/t15-/m0/s1. The second kappa shape index (κ2) is 8.56. The Labute approximate surface area is 168 Å². The molecule has 2 heterocycles. The van der Waals surface area contributed by atoms with Crippen LogP contribution in [0.2, 0.25) is 0 Å². The van der Waals surface area contributed by atoms with Gasteiger partial charge in [-0.3, -0.25) is 14.3 Å². The summed E-state index contributed by atoms with van der Waals surface area (Å²) in [5, 5.41) is 12.3. The molecule has 0 radical (unpaired) electrons. The molecule has 1 aliphatic rings. The van der Waals surface area contributed by atoms with Crippen LogP contribution < -0.4 is 5.32 Å². The van der Waals surface area contributed by atoms with Gasteiger partial charge >= 0.3 is 0 Å². The van der Waals surface area contributed by atoms with Crippen molar-refractivity contribution in [3.8, 4) is 11.4 Å². The normalized spacial score (nSPS) is 14.6. The number of thioether (sulfide) groups is 1. The molecule has 6 nitrogen and oxygen atoms in total. The molecule has 144 valence electrons. The van der Waals surface area contributed by atoms with Gasteiger partial charge < -0.3 is 5.32 Å². The van der Waals surface area contributed by atoms with Crippen LogP contribution in [0.1, 0.15) is 31.4 Å². The third-order valence-corrected chi connectivity index (χ3v) is 5.76. The summed E-state index contributed by atoms with van der Waals surface area (Å²) < 4.78 is 2.16. The number of amides is 1. The van der Waals surface area contributed by atoms with Crippen LogP contribution in [-0.2, 0) is 11.2 Å².